The van der Waals surface area contributed by atoms with E-state index in [9.17, 15) is 4.79 Å². The van der Waals surface area contributed by atoms with E-state index in [1.807, 2.05) is 16.7 Å². The highest BCUT2D eigenvalue weighted by molar-refractivity contribution is 5.94. The molecule has 0 aromatic carbocycles. The van der Waals surface area contributed by atoms with Crippen LogP contribution in [0, 0.1) is 11.3 Å². The number of ether oxygens (including phenoxy) is 3. The van der Waals surface area contributed by atoms with Crippen LogP contribution >= 0.6 is 0 Å². The number of rotatable bonds is 4. The third-order valence-electron chi connectivity index (χ3n) is 5.19. The van der Waals surface area contributed by atoms with Crippen LogP contribution in [0.1, 0.15) is 24.2 Å². The fourth-order valence-electron chi connectivity index (χ4n) is 3.71. The zero-order chi connectivity index (χ0) is 17.5. The Balaban J connectivity index is 1.45. The first-order valence-corrected chi connectivity index (χ1v) is 8.57. The van der Waals surface area contributed by atoms with Crippen LogP contribution in [0.25, 0.3) is 5.65 Å². The van der Waals surface area contributed by atoms with Crippen molar-refractivity contribution in [1.29, 1.82) is 0 Å². The standard InChI is InChI=1S/C18H23N3O4/c1-17(2,14-10-23-12-18(14)24-7-8-25-18)11-20-16(22)13-3-4-15-19-5-6-21(15)9-13/h3-6,9,14H,7-8,10-12H2,1-2H3,(H,20,22)/t14-/m1/s1. The molecule has 4 heterocycles. The Morgan fingerprint density at radius 3 is 3.00 bits per heavy atom. The smallest absolute Gasteiger partial charge is 0.252 e. The van der Waals surface area contributed by atoms with Gasteiger partial charge >= 0.3 is 0 Å². The summed E-state index contributed by atoms with van der Waals surface area (Å²) < 4.78 is 19.2. The molecule has 0 unspecified atom stereocenters. The molecule has 7 heteroatoms. The average molecular weight is 345 g/mol. The summed E-state index contributed by atoms with van der Waals surface area (Å²) in [6.07, 6.45) is 5.32. The molecular weight excluding hydrogens is 322 g/mol. The largest absolute Gasteiger partial charge is 0.375 e. The molecule has 0 aliphatic carbocycles. The van der Waals surface area contributed by atoms with E-state index in [1.165, 1.54) is 0 Å². The van der Waals surface area contributed by atoms with E-state index in [0.29, 0.717) is 38.5 Å². The second kappa shape index (κ2) is 6.09. The number of imidazole rings is 1. The van der Waals surface area contributed by atoms with Crippen molar-refractivity contribution in [3.63, 3.8) is 0 Å². The van der Waals surface area contributed by atoms with Gasteiger partial charge in [0.1, 0.15) is 12.3 Å². The average Bonchev–Trinajstić information content (AvgIpc) is 3.34. The molecule has 2 aliphatic rings. The van der Waals surface area contributed by atoms with Gasteiger partial charge in [0.15, 0.2) is 5.79 Å². The van der Waals surface area contributed by atoms with Crippen LogP contribution in [-0.2, 0) is 14.2 Å². The molecule has 0 radical (unpaired) electrons. The predicted octanol–water partition coefficient (Wildman–Crippen LogP) is 1.48. The molecule has 2 aliphatic heterocycles. The van der Waals surface area contributed by atoms with Crippen molar-refractivity contribution in [2.45, 2.75) is 19.6 Å². The summed E-state index contributed by atoms with van der Waals surface area (Å²) in [5.74, 6) is -0.701. The lowest BCUT2D eigenvalue weighted by molar-refractivity contribution is -0.197. The first kappa shape index (κ1) is 16.5. The molecule has 1 amide bonds. The Morgan fingerprint density at radius 2 is 2.20 bits per heavy atom. The van der Waals surface area contributed by atoms with Gasteiger partial charge in [-0.3, -0.25) is 4.79 Å². The van der Waals surface area contributed by atoms with Gasteiger partial charge in [-0.15, -0.1) is 0 Å². The molecule has 2 fully saturated rings. The van der Waals surface area contributed by atoms with E-state index in [4.69, 9.17) is 14.2 Å². The van der Waals surface area contributed by atoms with E-state index in [1.54, 1.807) is 18.5 Å². The third-order valence-corrected chi connectivity index (χ3v) is 5.19. The number of nitrogens with one attached hydrogen (secondary N) is 1. The Labute approximate surface area is 146 Å². The second-order valence-corrected chi connectivity index (χ2v) is 7.36. The van der Waals surface area contributed by atoms with Crippen LogP contribution < -0.4 is 5.32 Å². The molecule has 134 valence electrons. The molecule has 1 spiro atoms. The van der Waals surface area contributed by atoms with Crippen molar-refractivity contribution in [2.75, 3.05) is 33.0 Å². The van der Waals surface area contributed by atoms with Crippen molar-refractivity contribution < 1.29 is 19.0 Å². The molecular formula is C18H23N3O4. The molecule has 0 bridgehead atoms. The normalized spacial score (nSPS) is 22.7. The molecule has 2 aromatic heterocycles. The summed E-state index contributed by atoms with van der Waals surface area (Å²) in [6, 6.07) is 3.62. The number of nitrogens with zero attached hydrogens (tertiary/aromatic N) is 2. The van der Waals surface area contributed by atoms with Gasteiger partial charge in [0.25, 0.3) is 5.91 Å². The molecule has 0 saturated carbocycles. The molecule has 1 N–H and O–H groups in total. The Kier molecular flexibility index (Phi) is 4.02. The first-order chi connectivity index (χ1) is 12.0. The van der Waals surface area contributed by atoms with Crippen molar-refractivity contribution in [2.24, 2.45) is 11.3 Å². The van der Waals surface area contributed by atoms with Crippen LogP contribution in [0.4, 0.5) is 0 Å². The minimum Gasteiger partial charge on any atom is -0.375 e. The number of hydrogen-bond donors (Lipinski definition) is 1. The summed E-state index contributed by atoms with van der Waals surface area (Å²) in [5, 5.41) is 3.04. The van der Waals surface area contributed by atoms with Gasteiger partial charge in [-0.2, -0.15) is 0 Å². The lowest BCUT2D eigenvalue weighted by Gasteiger charge is -2.38. The number of hydrogen-bond acceptors (Lipinski definition) is 5. The van der Waals surface area contributed by atoms with E-state index in [-0.39, 0.29) is 17.2 Å². The maximum Gasteiger partial charge on any atom is 0.252 e. The van der Waals surface area contributed by atoms with E-state index in [0.717, 1.165) is 5.65 Å². The molecule has 4 rings (SSSR count). The molecule has 7 nitrogen and oxygen atoms in total. The minimum absolute atomic E-state index is 0.0685. The lowest BCUT2D eigenvalue weighted by atomic mass is 9.75. The number of carbonyl (C=O) groups excluding carboxylic acids is 1. The van der Waals surface area contributed by atoms with Gasteiger partial charge in [0.05, 0.1) is 25.4 Å². The Hall–Kier alpha value is -1.96. The molecule has 25 heavy (non-hydrogen) atoms. The summed E-state index contributed by atoms with van der Waals surface area (Å²) in [5.41, 5.74) is 1.19. The van der Waals surface area contributed by atoms with E-state index < -0.39 is 5.79 Å². The van der Waals surface area contributed by atoms with Crippen LogP contribution in [0.3, 0.4) is 0 Å². The SMILES string of the molecule is CC(C)(CNC(=O)c1ccc2nccn2c1)[C@H]1COCC12OCCO2. The third kappa shape index (κ3) is 2.92. The molecule has 2 aromatic rings. The number of aromatic nitrogens is 2. The van der Waals surface area contributed by atoms with Gasteiger partial charge in [0.2, 0.25) is 0 Å². The van der Waals surface area contributed by atoms with Gasteiger partial charge in [-0.1, -0.05) is 13.8 Å². The van der Waals surface area contributed by atoms with E-state index >= 15 is 0 Å². The van der Waals surface area contributed by atoms with Crippen molar-refractivity contribution in [3.05, 3.63) is 36.3 Å². The number of pyridine rings is 1. The summed E-state index contributed by atoms with van der Waals surface area (Å²) in [7, 11) is 0. The first-order valence-electron chi connectivity index (χ1n) is 8.57. The lowest BCUT2D eigenvalue weighted by Crippen LogP contribution is -2.50. The summed E-state index contributed by atoms with van der Waals surface area (Å²) >= 11 is 0. The monoisotopic (exact) mass is 345 g/mol. The van der Waals surface area contributed by atoms with Gasteiger partial charge < -0.3 is 23.9 Å². The zero-order valence-electron chi connectivity index (χ0n) is 14.5. The quantitative estimate of drug-likeness (QED) is 0.909. The Morgan fingerprint density at radius 1 is 1.40 bits per heavy atom. The number of amides is 1. The minimum atomic E-state index is -0.663. The zero-order valence-corrected chi connectivity index (χ0v) is 14.5. The summed E-state index contributed by atoms with van der Waals surface area (Å²) in [4.78, 5) is 16.7. The van der Waals surface area contributed by atoms with Gasteiger partial charge in [-0.25, -0.2) is 4.98 Å². The van der Waals surface area contributed by atoms with Crippen molar-refractivity contribution in [3.8, 4) is 0 Å². The molecule has 1 atom stereocenters. The highest BCUT2D eigenvalue weighted by Gasteiger charge is 2.55. The second-order valence-electron chi connectivity index (χ2n) is 7.36. The van der Waals surface area contributed by atoms with Crippen LogP contribution in [0.2, 0.25) is 0 Å². The predicted molar refractivity (Wildman–Crippen MR) is 90.3 cm³/mol. The van der Waals surface area contributed by atoms with Crippen molar-refractivity contribution in [1.82, 2.24) is 14.7 Å². The fraction of sp³-hybridized carbons (Fsp3) is 0.556. The summed E-state index contributed by atoms with van der Waals surface area (Å²) in [6.45, 7) is 6.93. The maximum atomic E-state index is 12.5. The maximum absolute atomic E-state index is 12.5. The van der Waals surface area contributed by atoms with Gasteiger partial charge in [-0.05, 0) is 17.5 Å². The molecule has 2 saturated heterocycles. The topological polar surface area (TPSA) is 74.1 Å². The highest BCUT2D eigenvalue weighted by Crippen LogP contribution is 2.44. The Bertz CT molecular complexity index is 774. The van der Waals surface area contributed by atoms with Crippen LogP contribution in [0.15, 0.2) is 30.7 Å². The van der Waals surface area contributed by atoms with Crippen molar-refractivity contribution >= 4 is 11.6 Å². The highest BCUT2D eigenvalue weighted by atomic mass is 16.8. The number of carbonyl (C=O) groups is 1. The fourth-order valence-corrected chi connectivity index (χ4v) is 3.71. The van der Waals surface area contributed by atoms with E-state index in [2.05, 4.69) is 24.1 Å². The van der Waals surface area contributed by atoms with Crippen LogP contribution in [-0.4, -0.2) is 54.1 Å². The van der Waals surface area contributed by atoms with Crippen LogP contribution in [0.5, 0.6) is 0 Å². The van der Waals surface area contributed by atoms with Gasteiger partial charge in [0, 0.05) is 31.1 Å². The number of fused-ring (bicyclic) bond motifs is 1.